The van der Waals surface area contributed by atoms with Crippen molar-refractivity contribution in [1.29, 1.82) is 0 Å². The molecule has 7 nitrogen and oxygen atoms in total. The van der Waals surface area contributed by atoms with E-state index in [9.17, 15) is 0 Å². The summed E-state index contributed by atoms with van der Waals surface area (Å²) >= 11 is 12.6. The lowest BCUT2D eigenvalue weighted by Crippen LogP contribution is -2.21. The molecule has 2 atom stereocenters. The summed E-state index contributed by atoms with van der Waals surface area (Å²) in [5.74, 6) is 0.707. The number of hydrogen-bond donors (Lipinski definition) is 1. The summed E-state index contributed by atoms with van der Waals surface area (Å²) in [6, 6.07) is 6.26. The summed E-state index contributed by atoms with van der Waals surface area (Å²) in [7, 11) is 0. The number of benzene rings is 1. The van der Waals surface area contributed by atoms with Crippen LogP contribution in [-0.4, -0.2) is 49.5 Å². The Kier molecular flexibility index (Phi) is 5.80. The number of likely N-dealkylation sites (tertiary alicyclic amines) is 1. The van der Waals surface area contributed by atoms with Crippen LogP contribution >= 0.6 is 23.2 Å². The highest BCUT2D eigenvalue weighted by molar-refractivity contribution is 6.35. The molecule has 1 aliphatic heterocycles. The number of aromatic amines is 1. The van der Waals surface area contributed by atoms with E-state index in [2.05, 4.69) is 43.0 Å². The quantitative estimate of drug-likeness (QED) is 0.400. The maximum absolute atomic E-state index is 6.29. The van der Waals surface area contributed by atoms with Crippen LogP contribution in [0, 0.1) is 0 Å². The van der Waals surface area contributed by atoms with Crippen molar-refractivity contribution in [2.24, 2.45) is 0 Å². The zero-order chi connectivity index (χ0) is 22.2. The highest BCUT2D eigenvalue weighted by atomic mass is 35.5. The molecule has 9 heteroatoms. The molecule has 3 aromatic heterocycles. The number of hydrogen-bond acceptors (Lipinski definition) is 5. The SMILES string of the molecule is CCN1CC[C@H](n2cc(-c3n[nH]c4ccc(O[C@H](C)c5c(Cl)cncc5Cl)cc34)cn2)C1. The Hall–Kier alpha value is -2.61. The van der Waals surface area contributed by atoms with Crippen LogP contribution in [0.1, 0.15) is 38.0 Å². The van der Waals surface area contributed by atoms with E-state index in [0.29, 0.717) is 21.8 Å². The lowest BCUT2D eigenvalue weighted by molar-refractivity contribution is 0.227. The number of aromatic nitrogens is 5. The zero-order valence-corrected chi connectivity index (χ0v) is 19.4. The van der Waals surface area contributed by atoms with Crippen molar-refractivity contribution in [3.8, 4) is 17.0 Å². The van der Waals surface area contributed by atoms with Gasteiger partial charge in [-0.15, -0.1) is 0 Å². The average Bonchev–Trinajstić information content (AvgIpc) is 3.52. The second-order valence-electron chi connectivity index (χ2n) is 8.10. The number of halogens is 2. The number of ether oxygens (including phenoxy) is 1. The molecule has 0 aliphatic carbocycles. The van der Waals surface area contributed by atoms with E-state index in [1.807, 2.05) is 31.3 Å². The van der Waals surface area contributed by atoms with E-state index in [1.54, 1.807) is 12.4 Å². The van der Waals surface area contributed by atoms with Crippen molar-refractivity contribution in [3.05, 3.63) is 58.6 Å². The molecule has 0 radical (unpaired) electrons. The molecular formula is C23H24Cl2N6O. The lowest BCUT2D eigenvalue weighted by atomic mass is 10.1. The molecule has 0 spiro atoms. The largest absolute Gasteiger partial charge is 0.486 e. The Morgan fingerprint density at radius 2 is 2.03 bits per heavy atom. The Morgan fingerprint density at radius 1 is 1.22 bits per heavy atom. The van der Waals surface area contributed by atoms with Crippen LogP contribution in [0.5, 0.6) is 5.75 Å². The normalized spacial score (nSPS) is 17.8. The monoisotopic (exact) mass is 470 g/mol. The van der Waals surface area contributed by atoms with Crippen molar-refractivity contribution in [2.75, 3.05) is 19.6 Å². The molecule has 0 amide bonds. The number of H-pyrrole nitrogens is 1. The van der Waals surface area contributed by atoms with Crippen molar-refractivity contribution >= 4 is 34.1 Å². The van der Waals surface area contributed by atoms with Crippen LogP contribution < -0.4 is 4.74 Å². The summed E-state index contributed by atoms with van der Waals surface area (Å²) in [5.41, 5.74) is 3.49. The maximum atomic E-state index is 6.29. The van der Waals surface area contributed by atoms with Gasteiger partial charge in [-0.25, -0.2) is 0 Å². The number of fused-ring (bicyclic) bond motifs is 1. The van der Waals surface area contributed by atoms with Crippen molar-refractivity contribution in [3.63, 3.8) is 0 Å². The molecule has 1 saturated heterocycles. The van der Waals surface area contributed by atoms with E-state index in [-0.39, 0.29) is 6.10 Å². The third-order valence-electron chi connectivity index (χ3n) is 6.09. The first-order chi connectivity index (χ1) is 15.5. The Balaban J connectivity index is 1.41. The molecule has 0 saturated carbocycles. The van der Waals surface area contributed by atoms with Gasteiger partial charge in [0.1, 0.15) is 17.5 Å². The van der Waals surface area contributed by atoms with Crippen LogP contribution in [0.3, 0.4) is 0 Å². The van der Waals surface area contributed by atoms with E-state index in [0.717, 1.165) is 53.8 Å². The summed E-state index contributed by atoms with van der Waals surface area (Å²) in [6.45, 7) is 7.34. The van der Waals surface area contributed by atoms with Gasteiger partial charge in [-0.2, -0.15) is 10.2 Å². The molecule has 0 unspecified atom stereocenters. The van der Waals surface area contributed by atoms with Gasteiger partial charge in [0.15, 0.2) is 0 Å². The molecule has 1 aliphatic rings. The molecule has 4 heterocycles. The number of rotatable bonds is 6. The van der Waals surface area contributed by atoms with Gasteiger partial charge >= 0.3 is 0 Å². The van der Waals surface area contributed by atoms with E-state index < -0.39 is 0 Å². The van der Waals surface area contributed by atoms with Crippen LogP contribution in [0.4, 0.5) is 0 Å². The first kappa shape index (κ1) is 21.2. The van der Waals surface area contributed by atoms with Gasteiger partial charge < -0.3 is 9.64 Å². The second-order valence-corrected chi connectivity index (χ2v) is 8.92. The second kappa shape index (κ2) is 8.73. The van der Waals surface area contributed by atoms with Crippen LogP contribution in [-0.2, 0) is 0 Å². The number of likely N-dealkylation sites (N-methyl/N-ethyl adjacent to an activating group) is 1. The van der Waals surface area contributed by atoms with Gasteiger partial charge in [0.25, 0.3) is 0 Å². The van der Waals surface area contributed by atoms with E-state index in [4.69, 9.17) is 27.9 Å². The minimum Gasteiger partial charge on any atom is -0.486 e. The first-order valence-corrected chi connectivity index (χ1v) is 11.5. The zero-order valence-electron chi connectivity index (χ0n) is 17.9. The van der Waals surface area contributed by atoms with Crippen LogP contribution in [0.15, 0.2) is 43.0 Å². The molecular weight excluding hydrogens is 447 g/mol. The minimum absolute atomic E-state index is 0.336. The molecule has 1 aromatic carbocycles. The smallest absolute Gasteiger partial charge is 0.124 e. The molecule has 1 fully saturated rings. The molecule has 166 valence electrons. The van der Waals surface area contributed by atoms with Crippen molar-refractivity contribution in [2.45, 2.75) is 32.4 Å². The van der Waals surface area contributed by atoms with Gasteiger partial charge in [-0.3, -0.25) is 14.8 Å². The Bertz CT molecular complexity index is 1230. The molecule has 0 bridgehead atoms. The maximum Gasteiger partial charge on any atom is 0.124 e. The fraction of sp³-hybridized carbons (Fsp3) is 0.348. The highest BCUT2D eigenvalue weighted by Crippen LogP contribution is 2.35. The predicted octanol–water partition coefficient (Wildman–Crippen LogP) is 5.53. The van der Waals surface area contributed by atoms with Gasteiger partial charge in [-0.1, -0.05) is 30.1 Å². The van der Waals surface area contributed by atoms with E-state index >= 15 is 0 Å². The lowest BCUT2D eigenvalue weighted by Gasteiger charge is -2.17. The third kappa shape index (κ3) is 3.96. The Morgan fingerprint density at radius 3 is 2.78 bits per heavy atom. The van der Waals surface area contributed by atoms with E-state index in [1.165, 1.54) is 0 Å². The fourth-order valence-corrected chi connectivity index (χ4v) is 5.01. The van der Waals surface area contributed by atoms with Crippen LogP contribution in [0.2, 0.25) is 10.0 Å². The minimum atomic E-state index is -0.336. The standard InChI is InChI=1S/C23H24Cl2N6O/c1-3-30-7-6-16(13-30)31-12-15(9-27-31)23-18-8-17(4-5-21(18)28-29-23)32-14(2)22-19(24)10-26-11-20(22)25/h4-5,8-12,14,16H,3,6-7,13H2,1-2H3,(H,28,29)/t14-,16+/m1/s1. The number of nitrogens with one attached hydrogen (secondary N) is 1. The average molecular weight is 471 g/mol. The summed E-state index contributed by atoms with van der Waals surface area (Å²) in [5, 5.41) is 14.2. The van der Waals surface area contributed by atoms with Gasteiger partial charge in [0, 0.05) is 48.2 Å². The number of pyridine rings is 1. The third-order valence-corrected chi connectivity index (χ3v) is 6.69. The van der Waals surface area contributed by atoms with Gasteiger partial charge in [0.05, 0.1) is 27.8 Å². The van der Waals surface area contributed by atoms with Crippen molar-refractivity contribution < 1.29 is 4.74 Å². The van der Waals surface area contributed by atoms with Gasteiger partial charge in [-0.05, 0) is 38.1 Å². The summed E-state index contributed by atoms with van der Waals surface area (Å²) in [6.07, 6.45) is 7.90. The summed E-state index contributed by atoms with van der Waals surface area (Å²) < 4.78 is 8.25. The summed E-state index contributed by atoms with van der Waals surface area (Å²) in [4.78, 5) is 6.46. The molecule has 4 aromatic rings. The highest BCUT2D eigenvalue weighted by Gasteiger charge is 2.24. The predicted molar refractivity (Wildman–Crippen MR) is 126 cm³/mol. The fourth-order valence-electron chi connectivity index (χ4n) is 4.33. The van der Waals surface area contributed by atoms with Crippen LogP contribution in [0.25, 0.3) is 22.2 Å². The first-order valence-electron chi connectivity index (χ1n) is 10.7. The Labute approximate surface area is 196 Å². The molecule has 1 N–H and O–H groups in total. The molecule has 5 rings (SSSR count). The van der Waals surface area contributed by atoms with Crippen molar-refractivity contribution in [1.82, 2.24) is 29.9 Å². The topological polar surface area (TPSA) is 71.9 Å². The van der Waals surface area contributed by atoms with Gasteiger partial charge in [0.2, 0.25) is 0 Å². The number of nitrogens with zero attached hydrogens (tertiary/aromatic N) is 5. The molecule has 32 heavy (non-hydrogen) atoms.